The van der Waals surface area contributed by atoms with Gasteiger partial charge in [0.2, 0.25) is 0 Å². The molecule has 0 saturated heterocycles. The summed E-state index contributed by atoms with van der Waals surface area (Å²) in [7, 11) is 6.16. The molecule has 0 aliphatic heterocycles. The summed E-state index contributed by atoms with van der Waals surface area (Å²) in [4.78, 5) is 29.7. The number of rotatable bonds is 8. The van der Waals surface area contributed by atoms with Crippen molar-refractivity contribution in [1.29, 1.82) is 0 Å². The molecule has 5 aliphatic carbocycles. The molecule has 2 amide bonds. The Labute approximate surface area is 309 Å². The van der Waals surface area contributed by atoms with Crippen LogP contribution in [0.25, 0.3) is 5.57 Å². The van der Waals surface area contributed by atoms with E-state index in [9.17, 15) is 14.7 Å². The summed E-state index contributed by atoms with van der Waals surface area (Å²) in [6.45, 7) is 26.8. The van der Waals surface area contributed by atoms with E-state index in [0.29, 0.717) is 23.3 Å². The standard InChI is InChI=1S/C45H69N3O3/c1-30(2)33-18-23-45(46-38(51)48(12)29-13-28-47(10)11)27-26-43(8)41(6,36(33)45)24-25-42(7)40(5)21-19-34(31-14-16-32(17-15-31)37(49)50)39(3,4)35(40)20-22-44(42,43)9/h14-17,19,33,35-36H,1,13,18,20-29H2,2-12H3,(H,46,51)(H,49,50)/t33-,35-,36+,40-,41+,42+,43+,44+,45-/m0/s1. The second kappa shape index (κ2) is 12.5. The summed E-state index contributed by atoms with van der Waals surface area (Å²) in [5, 5.41) is 13.3. The lowest BCUT2D eigenvalue weighted by molar-refractivity contribution is -0.296. The predicted molar refractivity (Wildman–Crippen MR) is 210 cm³/mol. The van der Waals surface area contributed by atoms with Crippen LogP contribution in [0.5, 0.6) is 0 Å². The lowest BCUT2D eigenvalue weighted by atomic mass is 9.25. The molecule has 9 atom stereocenters. The fraction of sp³-hybridized carbons (Fsp3) is 0.733. The Morgan fingerprint density at radius 2 is 1.45 bits per heavy atom. The first-order chi connectivity index (χ1) is 23.6. The van der Waals surface area contributed by atoms with E-state index < -0.39 is 5.97 Å². The normalized spacial score (nSPS) is 41.0. The van der Waals surface area contributed by atoms with Crippen LogP contribution in [0.2, 0.25) is 0 Å². The Kier molecular flexibility index (Phi) is 9.34. The third kappa shape index (κ3) is 5.25. The number of urea groups is 1. The first-order valence-electron chi connectivity index (χ1n) is 20.0. The van der Waals surface area contributed by atoms with Gasteiger partial charge in [0.25, 0.3) is 0 Å². The van der Waals surface area contributed by atoms with Gasteiger partial charge < -0.3 is 20.2 Å². The smallest absolute Gasteiger partial charge is 0.335 e. The summed E-state index contributed by atoms with van der Waals surface area (Å²) >= 11 is 0. The third-order valence-corrected chi connectivity index (χ3v) is 17.6. The summed E-state index contributed by atoms with van der Waals surface area (Å²) < 4.78 is 0. The Morgan fingerprint density at radius 1 is 0.824 bits per heavy atom. The molecular weight excluding hydrogens is 631 g/mol. The van der Waals surface area contributed by atoms with E-state index in [2.05, 4.69) is 92.4 Å². The van der Waals surface area contributed by atoms with Gasteiger partial charge in [0, 0.05) is 19.1 Å². The molecule has 0 unspecified atom stereocenters. The minimum Gasteiger partial charge on any atom is -0.478 e. The average molecular weight is 700 g/mol. The van der Waals surface area contributed by atoms with Crippen LogP contribution in [0.4, 0.5) is 4.79 Å². The van der Waals surface area contributed by atoms with Crippen molar-refractivity contribution in [2.24, 2.45) is 50.2 Å². The van der Waals surface area contributed by atoms with E-state index in [1.165, 1.54) is 36.8 Å². The number of carbonyl (C=O) groups excluding carboxylic acids is 1. The molecule has 4 saturated carbocycles. The van der Waals surface area contributed by atoms with E-state index in [0.717, 1.165) is 57.2 Å². The fourth-order valence-corrected chi connectivity index (χ4v) is 14.2. The summed E-state index contributed by atoms with van der Waals surface area (Å²) in [6, 6.07) is 7.67. The van der Waals surface area contributed by atoms with Crippen LogP contribution in [0.15, 0.2) is 42.5 Å². The molecule has 0 heterocycles. The molecule has 2 N–H and O–H groups in total. The minimum atomic E-state index is -0.874. The van der Waals surface area contributed by atoms with E-state index in [1.54, 1.807) is 12.1 Å². The number of fused-ring (bicyclic) bond motifs is 7. The molecule has 6 rings (SSSR count). The molecule has 0 spiro atoms. The zero-order valence-corrected chi connectivity index (χ0v) is 34.0. The van der Waals surface area contributed by atoms with Gasteiger partial charge in [0.15, 0.2) is 0 Å². The first kappa shape index (κ1) is 38.1. The van der Waals surface area contributed by atoms with Crippen LogP contribution in [0.1, 0.15) is 136 Å². The van der Waals surface area contributed by atoms with Crippen LogP contribution >= 0.6 is 0 Å². The number of carbonyl (C=O) groups is 2. The van der Waals surface area contributed by atoms with E-state index >= 15 is 0 Å². The topological polar surface area (TPSA) is 72.9 Å². The quantitative estimate of drug-likeness (QED) is 0.265. The second-order valence-corrected chi connectivity index (χ2v) is 20.0. The highest BCUT2D eigenvalue weighted by Gasteiger charge is 2.77. The molecule has 0 bridgehead atoms. The van der Waals surface area contributed by atoms with Gasteiger partial charge in [-0.25, -0.2) is 9.59 Å². The first-order valence-corrected chi connectivity index (χ1v) is 20.0. The van der Waals surface area contributed by atoms with Gasteiger partial charge in [0.1, 0.15) is 0 Å². The van der Waals surface area contributed by atoms with Gasteiger partial charge in [-0.05, 0) is 165 Å². The van der Waals surface area contributed by atoms with Gasteiger partial charge >= 0.3 is 12.0 Å². The molecule has 282 valence electrons. The lowest BCUT2D eigenvalue weighted by Crippen LogP contribution is -2.75. The number of aromatic carboxylic acids is 1. The van der Waals surface area contributed by atoms with Crippen LogP contribution < -0.4 is 5.32 Å². The van der Waals surface area contributed by atoms with Crippen LogP contribution in [0.3, 0.4) is 0 Å². The highest BCUT2D eigenvalue weighted by atomic mass is 16.4. The van der Waals surface area contributed by atoms with Gasteiger partial charge in [-0.1, -0.05) is 78.8 Å². The maximum Gasteiger partial charge on any atom is 0.335 e. The van der Waals surface area contributed by atoms with Crippen molar-refractivity contribution in [3.05, 3.63) is 53.6 Å². The van der Waals surface area contributed by atoms with Crippen molar-refractivity contribution in [2.45, 2.75) is 125 Å². The summed E-state index contributed by atoms with van der Waals surface area (Å²) in [6.07, 6.45) is 13.7. The van der Waals surface area contributed by atoms with E-state index in [4.69, 9.17) is 0 Å². The van der Waals surface area contributed by atoms with Crippen molar-refractivity contribution in [3.63, 3.8) is 0 Å². The molecule has 6 heteroatoms. The van der Waals surface area contributed by atoms with Crippen molar-refractivity contribution in [3.8, 4) is 0 Å². The van der Waals surface area contributed by atoms with Crippen molar-refractivity contribution in [2.75, 3.05) is 34.2 Å². The zero-order chi connectivity index (χ0) is 37.6. The van der Waals surface area contributed by atoms with Gasteiger partial charge in [0.05, 0.1) is 5.56 Å². The number of hydrogen-bond donors (Lipinski definition) is 2. The van der Waals surface area contributed by atoms with Gasteiger partial charge in [-0.2, -0.15) is 0 Å². The van der Waals surface area contributed by atoms with Crippen molar-refractivity contribution in [1.82, 2.24) is 15.1 Å². The minimum absolute atomic E-state index is 0.0369. The molecule has 4 fully saturated rings. The highest BCUT2D eigenvalue weighted by molar-refractivity contribution is 5.88. The molecule has 1 aromatic rings. The van der Waals surface area contributed by atoms with Crippen LogP contribution in [0, 0.1) is 50.2 Å². The fourth-order valence-electron chi connectivity index (χ4n) is 14.2. The summed E-state index contributed by atoms with van der Waals surface area (Å²) in [5.74, 6) is 0.436. The Balaban J connectivity index is 1.35. The third-order valence-electron chi connectivity index (χ3n) is 17.6. The monoisotopic (exact) mass is 700 g/mol. The number of allylic oxidation sites excluding steroid dienone is 3. The Bertz CT molecular complexity index is 1600. The molecule has 5 aliphatic rings. The second-order valence-electron chi connectivity index (χ2n) is 20.0. The Morgan fingerprint density at radius 3 is 2.06 bits per heavy atom. The number of nitrogens with zero attached hydrogens (tertiary/aromatic N) is 2. The average Bonchev–Trinajstić information content (AvgIpc) is 3.44. The predicted octanol–water partition coefficient (Wildman–Crippen LogP) is 10.2. The van der Waals surface area contributed by atoms with Crippen molar-refractivity contribution < 1.29 is 14.7 Å². The van der Waals surface area contributed by atoms with Gasteiger partial charge in [-0.3, -0.25) is 0 Å². The molecule has 0 radical (unpaired) electrons. The van der Waals surface area contributed by atoms with Crippen molar-refractivity contribution >= 4 is 17.6 Å². The van der Waals surface area contributed by atoms with Crippen LogP contribution in [-0.2, 0) is 0 Å². The zero-order valence-electron chi connectivity index (χ0n) is 34.0. The van der Waals surface area contributed by atoms with Crippen LogP contribution in [-0.4, -0.2) is 66.7 Å². The molecule has 6 nitrogen and oxygen atoms in total. The number of nitrogens with one attached hydrogen (secondary N) is 1. The Hall–Kier alpha value is -2.60. The largest absolute Gasteiger partial charge is 0.478 e. The molecular formula is C45H69N3O3. The number of benzene rings is 1. The molecule has 0 aromatic heterocycles. The SMILES string of the molecule is C=C(C)[C@@H]1CC[C@]2(NC(=O)N(C)CCCN(C)C)CC[C@@]3(C)[C@]4(C)CC[C@H]5C(C)(C)C(c6ccc(C(=O)O)cc6)=CC[C@]5(C)[C@@]4(C)CC[C@]3(C)[C@@H]12. The van der Waals surface area contributed by atoms with E-state index in [-0.39, 0.29) is 44.1 Å². The number of hydrogen-bond acceptors (Lipinski definition) is 3. The van der Waals surface area contributed by atoms with Gasteiger partial charge in [-0.15, -0.1) is 0 Å². The maximum absolute atomic E-state index is 14.0. The summed E-state index contributed by atoms with van der Waals surface area (Å²) in [5.41, 5.74) is 4.50. The molecule has 51 heavy (non-hydrogen) atoms. The number of carboxylic acid groups (broad SMARTS) is 1. The lowest BCUT2D eigenvalue weighted by Gasteiger charge is -2.79. The highest BCUT2D eigenvalue weighted by Crippen LogP contribution is 2.83. The van der Waals surface area contributed by atoms with E-state index in [1.807, 2.05) is 24.1 Å². The maximum atomic E-state index is 14.0. The number of amides is 2. The number of carboxylic acids is 1. The molecule has 1 aromatic carbocycles.